The molecule has 1 unspecified atom stereocenters. The number of thiophene rings is 1. The Morgan fingerprint density at radius 3 is 3.00 bits per heavy atom. The van der Waals surface area contributed by atoms with Gasteiger partial charge >= 0.3 is 5.97 Å². The van der Waals surface area contributed by atoms with Gasteiger partial charge in [-0.3, -0.25) is 0 Å². The fourth-order valence-corrected chi connectivity index (χ4v) is 3.04. The zero-order chi connectivity index (χ0) is 13.3. The first-order valence-electron chi connectivity index (χ1n) is 5.97. The number of aliphatic hydroxyl groups is 1. The van der Waals surface area contributed by atoms with Crippen molar-refractivity contribution in [3.05, 3.63) is 10.9 Å². The largest absolute Gasteiger partial charge is 0.462 e. The number of nitrogens with two attached hydrogens (primary N) is 1. The van der Waals surface area contributed by atoms with E-state index in [0.29, 0.717) is 23.7 Å². The van der Waals surface area contributed by atoms with E-state index in [1.807, 2.05) is 11.8 Å². The van der Waals surface area contributed by atoms with Crippen LogP contribution in [-0.2, 0) is 4.74 Å². The van der Waals surface area contributed by atoms with Gasteiger partial charge in [0.25, 0.3) is 0 Å². The van der Waals surface area contributed by atoms with Crippen molar-refractivity contribution in [3.8, 4) is 0 Å². The molecule has 100 valence electrons. The molecule has 2 heterocycles. The van der Waals surface area contributed by atoms with Gasteiger partial charge in [0.2, 0.25) is 0 Å². The summed E-state index contributed by atoms with van der Waals surface area (Å²) in [6.07, 6.45) is 0.722. The molecule has 1 saturated heterocycles. The van der Waals surface area contributed by atoms with E-state index < -0.39 is 5.60 Å². The molecule has 0 spiro atoms. The highest BCUT2D eigenvalue weighted by Gasteiger charge is 2.32. The number of carbonyl (C=O) groups excluding carboxylic acids is 1. The predicted molar refractivity (Wildman–Crippen MR) is 72.1 cm³/mol. The second-order valence-corrected chi connectivity index (χ2v) is 5.79. The number of β-amino-alcohol motifs (C(OH)–C–C–N with tert-alkyl or cyclic N) is 1. The maximum Gasteiger partial charge on any atom is 0.350 e. The molecular formula is C12H18N2O3S. The predicted octanol–water partition coefficient (Wildman–Crippen LogP) is 1.47. The van der Waals surface area contributed by atoms with Crippen LogP contribution in [0.2, 0.25) is 0 Å². The summed E-state index contributed by atoms with van der Waals surface area (Å²) in [4.78, 5) is 14.1. The van der Waals surface area contributed by atoms with Crippen molar-refractivity contribution in [2.24, 2.45) is 0 Å². The first-order chi connectivity index (χ1) is 8.43. The average Bonchev–Trinajstić information content (AvgIpc) is 2.82. The van der Waals surface area contributed by atoms with Gasteiger partial charge in [-0.2, -0.15) is 0 Å². The van der Waals surface area contributed by atoms with Gasteiger partial charge in [-0.25, -0.2) is 4.79 Å². The van der Waals surface area contributed by atoms with Gasteiger partial charge in [0.05, 0.1) is 22.9 Å². The summed E-state index contributed by atoms with van der Waals surface area (Å²) in [7, 11) is 0. The quantitative estimate of drug-likeness (QED) is 0.813. The fourth-order valence-electron chi connectivity index (χ4n) is 2.04. The summed E-state index contributed by atoms with van der Waals surface area (Å²) in [6.45, 7) is 5.25. The summed E-state index contributed by atoms with van der Waals surface area (Å²) in [5.74, 6) is -0.378. The summed E-state index contributed by atoms with van der Waals surface area (Å²) in [6, 6.07) is 1.78. The minimum Gasteiger partial charge on any atom is -0.462 e. The molecule has 3 N–H and O–H groups in total. The second kappa shape index (κ2) is 4.78. The highest BCUT2D eigenvalue weighted by atomic mass is 32.1. The van der Waals surface area contributed by atoms with E-state index in [-0.39, 0.29) is 5.97 Å². The molecular weight excluding hydrogens is 252 g/mol. The van der Waals surface area contributed by atoms with Crippen molar-refractivity contribution in [1.82, 2.24) is 0 Å². The van der Waals surface area contributed by atoms with E-state index in [4.69, 9.17) is 10.5 Å². The van der Waals surface area contributed by atoms with Gasteiger partial charge in [-0.1, -0.05) is 0 Å². The average molecular weight is 270 g/mol. The molecule has 0 aliphatic carbocycles. The number of anilines is 2. The molecule has 0 aromatic carbocycles. The lowest BCUT2D eigenvalue weighted by molar-refractivity contribution is 0.0533. The molecule has 1 fully saturated rings. The van der Waals surface area contributed by atoms with Crippen LogP contribution in [0.4, 0.5) is 10.7 Å². The first kappa shape index (κ1) is 13.2. The van der Waals surface area contributed by atoms with Crippen LogP contribution in [0.3, 0.4) is 0 Å². The molecule has 18 heavy (non-hydrogen) atoms. The molecule has 1 aromatic heterocycles. The number of nitrogen functional groups attached to an aromatic ring is 1. The van der Waals surface area contributed by atoms with E-state index in [0.717, 1.165) is 18.0 Å². The minimum atomic E-state index is -0.664. The third-order valence-corrected chi connectivity index (χ3v) is 4.16. The number of nitrogens with zero attached hydrogens (tertiary/aromatic N) is 1. The van der Waals surface area contributed by atoms with Crippen LogP contribution in [-0.4, -0.2) is 36.4 Å². The van der Waals surface area contributed by atoms with Gasteiger partial charge in [0, 0.05) is 13.1 Å². The number of carbonyl (C=O) groups is 1. The van der Waals surface area contributed by atoms with E-state index >= 15 is 0 Å². The van der Waals surface area contributed by atoms with Gasteiger partial charge in [-0.05, 0) is 26.3 Å². The Hall–Kier alpha value is -1.27. The summed E-state index contributed by atoms with van der Waals surface area (Å²) in [5.41, 5.74) is 5.61. The number of hydrogen-bond acceptors (Lipinski definition) is 6. The Bertz CT molecular complexity index is 456. The zero-order valence-electron chi connectivity index (χ0n) is 10.6. The number of esters is 1. The van der Waals surface area contributed by atoms with E-state index in [9.17, 15) is 9.90 Å². The lowest BCUT2D eigenvalue weighted by atomic mass is 10.1. The van der Waals surface area contributed by atoms with Crippen molar-refractivity contribution >= 4 is 28.0 Å². The lowest BCUT2D eigenvalue weighted by Gasteiger charge is -2.18. The Labute approximate surface area is 110 Å². The maximum atomic E-state index is 11.7. The molecule has 0 amide bonds. The van der Waals surface area contributed by atoms with Crippen molar-refractivity contribution < 1.29 is 14.6 Å². The SMILES string of the molecule is CCOC(=O)c1sc(N2CCC(C)(O)C2)cc1N. The lowest BCUT2D eigenvalue weighted by Crippen LogP contribution is -2.29. The van der Waals surface area contributed by atoms with Crippen LogP contribution < -0.4 is 10.6 Å². The van der Waals surface area contributed by atoms with Crippen LogP contribution in [0.5, 0.6) is 0 Å². The van der Waals surface area contributed by atoms with Gasteiger partial charge < -0.3 is 20.5 Å². The zero-order valence-corrected chi connectivity index (χ0v) is 11.4. The molecule has 6 heteroatoms. The Morgan fingerprint density at radius 1 is 1.72 bits per heavy atom. The van der Waals surface area contributed by atoms with E-state index in [1.165, 1.54) is 11.3 Å². The molecule has 0 saturated carbocycles. The van der Waals surface area contributed by atoms with Gasteiger partial charge in [-0.15, -0.1) is 11.3 Å². The highest BCUT2D eigenvalue weighted by Crippen LogP contribution is 2.36. The van der Waals surface area contributed by atoms with Gasteiger partial charge in [0.1, 0.15) is 4.88 Å². The second-order valence-electron chi connectivity index (χ2n) is 4.76. The molecule has 1 atom stereocenters. The standard InChI is InChI=1S/C12H18N2O3S/c1-3-17-11(15)10-8(13)6-9(18-10)14-5-4-12(2,16)7-14/h6,16H,3-5,7,13H2,1-2H3. The third kappa shape index (κ3) is 2.59. The monoisotopic (exact) mass is 270 g/mol. The Morgan fingerprint density at radius 2 is 2.44 bits per heavy atom. The molecule has 5 nitrogen and oxygen atoms in total. The minimum absolute atomic E-state index is 0.337. The molecule has 0 radical (unpaired) electrons. The van der Waals surface area contributed by atoms with Crippen molar-refractivity contribution in [2.75, 3.05) is 30.3 Å². The van der Waals surface area contributed by atoms with Gasteiger partial charge in [0.15, 0.2) is 0 Å². The third-order valence-electron chi connectivity index (χ3n) is 2.97. The highest BCUT2D eigenvalue weighted by molar-refractivity contribution is 7.18. The Balaban J connectivity index is 2.17. The maximum absolute atomic E-state index is 11.7. The molecule has 1 aliphatic rings. The smallest absolute Gasteiger partial charge is 0.350 e. The number of rotatable bonds is 3. The normalized spacial score (nSPS) is 23.4. The van der Waals surface area contributed by atoms with Crippen LogP contribution in [0.15, 0.2) is 6.07 Å². The van der Waals surface area contributed by atoms with Crippen molar-refractivity contribution in [3.63, 3.8) is 0 Å². The van der Waals surface area contributed by atoms with Crippen molar-refractivity contribution in [2.45, 2.75) is 25.9 Å². The van der Waals surface area contributed by atoms with Crippen LogP contribution in [0.1, 0.15) is 29.9 Å². The van der Waals surface area contributed by atoms with E-state index in [2.05, 4.69) is 0 Å². The summed E-state index contributed by atoms with van der Waals surface area (Å²) in [5, 5.41) is 10.8. The molecule has 0 bridgehead atoms. The van der Waals surface area contributed by atoms with E-state index in [1.54, 1.807) is 13.0 Å². The topological polar surface area (TPSA) is 75.8 Å². The Kier molecular flexibility index (Phi) is 3.49. The van der Waals surface area contributed by atoms with Crippen LogP contribution in [0.25, 0.3) is 0 Å². The number of ether oxygens (including phenoxy) is 1. The fraction of sp³-hybridized carbons (Fsp3) is 0.583. The van der Waals surface area contributed by atoms with Crippen LogP contribution in [0, 0.1) is 0 Å². The molecule has 1 aliphatic heterocycles. The summed E-state index contributed by atoms with van der Waals surface area (Å²) < 4.78 is 4.95. The molecule has 1 aromatic rings. The van der Waals surface area contributed by atoms with Crippen LogP contribution >= 0.6 is 11.3 Å². The molecule has 2 rings (SSSR count). The summed E-state index contributed by atoms with van der Waals surface area (Å²) >= 11 is 1.32. The van der Waals surface area contributed by atoms with Crippen molar-refractivity contribution in [1.29, 1.82) is 0 Å². The number of hydrogen-bond donors (Lipinski definition) is 2. The first-order valence-corrected chi connectivity index (χ1v) is 6.78.